The number of nitrogens with zero attached hydrogens (tertiary/aromatic N) is 3. The van der Waals surface area contributed by atoms with E-state index in [4.69, 9.17) is 0 Å². The van der Waals surface area contributed by atoms with Gasteiger partial charge < -0.3 is 9.47 Å². The summed E-state index contributed by atoms with van der Waals surface area (Å²) in [6.45, 7) is 5.92. The zero-order valence-corrected chi connectivity index (χ0v) is 17.3. The molecule has 0 bridgehead atoms. The van der Waals surface area contributed by atoms with Gasteiger partial charge in [0.1, 0.15) is 0 Å². The van der Waals surface area contributed by atoms with Gasteiger partial charge in [0.05, 0.1) is 11.7 Å². The molecular weight excluding hydrogens is 362 g/mol. The minimum Gasteiger partial charge on any atom is -0.318 e. The van der Waals surface area contributed by atoms with Crippen molar-refractivity contribution < 1.29 is 4.79 Å². The van der Waals surface area contributed by atoms with Gasteiger partial charge in [-0.3, -0.25) is 14.6 Å². The summed E-state index contributed by atoms with van der Waals surface area (Å²) in [5.41, 5.74) is 6.93. The molecule has 1 unspecified atom stereocenters. The Morgan fingerprint density at radius 2 is 1.83 bits per heavy atom. The summed E-state index contributed by atoms with van der Waals surface area (Å²) in [6, 6.07) is 11.9. The Morgan fingerprint density at radius 3 is 2.52 bits per heavy atom. The lowest BCUT2D eigenvalue weighted by atomic mass is 9.91. The second kappa shape index (κ2) is 7.32. The fraction of sp³-hybridized carbons (Fsp3) is 0.292. The molecule has 148 valence electrons. The van der Waals surface area contributed by atoms with Crippen molar-refractivity contribution in [2.75, 3.05) is 4.90 Å². The molecule has 2 aromatic heterocycles. The van der Waals surface area contributed by atoms with Crippen LogP contribution in [0.25, 0.3) is 11.1 Å². The minimum absolute atomic E-state index is 0.0188. The summed E-state index contributed by atoms with van der Waals surface area (Å²) in [6.07, 6.45) is 4.85. The van der Waals surface area contributed by atoms with Crippen LogP contribution in [-0.4, -0.2) is 15.5 Å². The summed E-state index contributed by atoms with van der Waals surface area (Å²) < 4.78 is 1.63. The zero-order valence-electron chi connectivity index (χ0n) is 17.3. The number of amides is 1. The number of rotatable bonds is 3. The maximum Gasteiger partial charge on any atom is 0.253 e. The van der Waals surface area contributed by atoms with Crippen LogP contribution in [0.5, 0.6) is 0 Å². The molecule has 4 rings (SSSR count). The van der Waals surface area contributed by atoms with Crippen LogP contribution in [0.15, 0.2) is 53.6 Å². The SMILES string of the molecule is Cc1cc2c(cc1-c1cc(C)c(=O)n(C)c1)CCC(=O)N2C(C)c1ccccn1. The first-order chi connectivity index (χ1) is 13.9. The molecule has 0 N–H and O–H groups in total. The molecule has 0 saturated carbocycles. The van der Waals surface area contributed by atoms with Gasteiger partial charge in [-0.15, -0.1) is 0 Å². The lowest BCUT2D eigenvalue weighted by molar-refractivity contribution is -0.119. The average Bonchev–Trinajstić information content (AvgIpc) is 2.71. The fourth-order valence-corrected chi connectivity index (χ4v) is 4.17. The smallest absolute Gasteiger partial charge is 0.253 e. The molecule has 0 aliphatic carbocycles. The van der Waals surface area contributed by atoms with Gasteiger partial charge in [0.2, 0.25) is 5.91 Å². The highest BCUT2D eigenvalue weighted by atomic mass is 16.2. The van der Waals surface area contributed by atoms with Crippen LogP contribution < -0.4 is 10.5 Å². The molecule has 3 aromatic rings. The predicted molar refractivity (Wildman–Crippen MR) is 115 cm³/mol. The number of carbonyl (C=O) groups excluding carboxylic acids is 1. The van der Waals surface area contributed by atoms with E-state index in [9.17, 15) is 9.59 Å². The minimum atomic E-state index is -0.132. The second-order valence-corrected chi connectivity index (χ2v) is 7.82. The van der Waals surface area contributed by atoms with Crippen molar-refractivity contribution in [2.24, 2.45) is 7.05 Å². The number of hydrogen-bond acceptors (Lipinski definition) is 3. The molecule has 1 atom stereocenters. The van der Waals surface area contributed by atoms with Gasteiger partial charge in [0, 0.05) is 37.1 Å². The normalized spacial score (nSPS) is 14.6. The van der Waals surface area contributed by atoms with Crippen LogP contribution in [-0.2, 0) is 18.3 Å². The van der Waals surface area contributed by atoms with E-state index in [2.05, 4.69) is 24.0 Å². The molecule has 3 heterocycles. The third-order valence-corrected chi connectivity index (χ3v) is 5.74. The van der Waals surface area contributed by atoms with E-state index in [1.165, 1.54) is 0 Å². The first kappa shape index (κ1) is 19.1. The second-order valence-electron chi connectivity index (χ2n) is 7.82. The van der Waals surface area contributed by atoms with Crippen molar-refractivity contribution >= 4 is 11.6 Å². The van der Waals surface area contributed by atoms with Gasteiger partial charge >= 0.3 is 0 Å². The molecule has 1 amide bonds. The Labute approximate surface area is 170 Å². The van der Waals surface area contributed by atoms with Crippen molar-refractivity contribution in [1.29, 1.82) is 0 Å². The standard InChI is InChI=1S/C24H25N3O2/c1-15-12-22-18(13-20(15)19-11-16(2)24(29)26(4)14-19)8-9-23(28)27(22)17(3)21-7-5-6-10-25-21/h5-7,10-14,17H,8-9H2,1-4H3. The number of carbonyl (C=O) groups is 1. The van der Waals surface area contributed by atoms with E-state index in [1.54, 1.807) is 17.8 Å². The summed E-state index contributed by atoms with van der Waals surface area (Å²) in [7, 11) is 1.78. The molecule has 5 heteroatoms. The maximum atomic E-state index is 12.8. The predicted octanol–water partition coefficient (Wildman–Crippen LogP) is 4.10. The van der Waals surface area contributed by atoms with Crippen molar-refractivity contribution in [1.82, 2.24) is 9.55 Å². The van der Waals surface area contributed by atoms with E-state index in [1.807, 2.05) is 49.2 Å². The van der Waals surface area contributed by atoms with Crippen LogP contribution in [0, 0.1) is 13.8 Å². The number of aryl methyl sites for hydroxylation is 4. The number of anilines is 1. The number of hydrogen-bond donors (Lipinski definition) is 0. The lowest BCUT2D eigenvalue weighted by Crippen LogP contribution is -2.37. The van der Waals surface area contributed by atoms with E-state index >= 15 is 0 Å². The number of aromatic nitrogens is 2. The molecule has 29 heavy (non-hydrogen) atoms. The molecule has 1 aromatic carbocycles. The van der Waals surface area contributed by atoms with Gasteiger partial charge in [-0.05, 0) is 79.8 Å². The molecule has 0 radical (unpaired) electrons. The summed E-state index contributed by atoms with van der Waals surface area (Å²) >= 11 is 0. The van der Waals surface area contributed by atoms with Crippen LogP contribution >= 0.6 is 0 Å². The third-order valence-electron chi connectivity index (χ3n) is 5.74. The number of benzene rings is 1. The summed E-state index contributed by atoms with van der Waals surface area (Å²) in [5, 5.41) is 0. The Balaban J connectivity index is 1.81. The van der Waals surface area contributed by atoms with Gasteiger partial charge in [0.25, 0.3) is 5.56 Å². The van der Waals surface area contributed by atoms with E-state index in [-0.39, 0.29) is 17.5 Å². The summed E-state index contributed by atoms with van der Waals surface area (Å²) in [5.74, 6) is 0.126. The van der Waals surface area contributed by atoms with Crippen molar-refractivity contribution in [3.05, 3.63) is 81.5 Å². The first-order valence-corrected chi connectivity index (χ1v) is 9.91. The Hall–Kier alpha value is -3.21. The average molecular weight is 387 g/mol. The Kier molecular flexibility index (Phi) is 4.82. The number of fused-ring (bicyclic) bond motifs is 1. The Morgan fingerprint density at radius 1 is 1.03 bits per heavy atom. The highest BCUT2D eigenvalue weighted by Crippen LogP contribution is 2.38. The molecule has 0 fully saturated rings. The van der Waals surface area contributed by atoms with Crippen molar-refractivity contribution in [2.45, 2.75) is 39.7 Å². The first-order valence-electron chi connectivity index (χ1n) is 9.91. The summed E-state index contributed by atoms with van der Waals surface area (Å²) in [4.78, 5) is 31.2. The lowest BCUT2D eigenvalue weighted by Gasteiger charge is -2.35. The third kappa shape index (κ3) is 3.37. The largest absolute Gasteiger partial charge is 0.318 e. The highest BCUT2D eigenvalue weighted by Gasteiger charge is 2.30. The van der Waals surface area contributed by atoms with Crippen molar-refractivity contribution in [3.8, 4) is 11.1 Å². The van der Waals surface area contributed by atoms with Gasteiger partial charge in [0.15, 0.2) is 0 Å². The van der Waals surface area contributed by atoms with Crippen molar-refractivity contribution in [3.63, 3.8) is 0 Å². The van der Waals surface area contributed by atoms with Gasteiger partial charge in [-0.2, -0.15) is 0 Å². The topological polar surface area (TPSA) is 55.2 Å². The van der Waals surface area contributed by atoms with Gasteiger partial charge in [-0.1, -0.05) is 6.07 Å². The number of pyridine rings is 2. The Bertz CT molecular complexity index is 1120. The van der Waals surface area contributed by atoms with Crippen LogP contribution in [0.1, 0.15) is 41.8 Å². The van der Waals surface area contributed by atoms with E-state index in [0.717, 1.165) is 45.6 Å². The maximum absolute atomic E-state index is 12.8. The molecule has 1 aliphatic rings. The van der Waals surface area contributed by atoms with Gasteiger partial charge in [-0.25, -0.2) is 0 Å². The fourth-order valence-electron chi connectivity index (χ4n) is 4.17. The molecule has 0 saturated heterocycles. The zero-order chi connectivity index (χ0) is 20.7. The molecule has 1 aliphatic heterocycles. The van der Waals surface area contributed by atoms with Crippen LogP contribution in [0.3, 0.4) is 0 Å². The van der Waals surface area contributed by atoms with Crippen LogP contribution in [0.2, 0.25) is 0 Å². The molecular formula is C24H25N3O2. The quantitative estimate of drug-likeness (QED) is 0.680. The molecule has 5 nitrogen and oxygen atoms in total. The highest BCUT2D eigenvalue weighted by molar-refractivity contribution is 5.97. The van der Waals surface area contributed by atoms with Crippen LogP contribution in [0.4, 0.5) is 5.69 Å². The van der Waals surface area contributed by atoms with E-state index < -0.39 is 0 Å². The monoisotopic (exact) mass is 387 g/mol. The van der Waals surface area contributed by atoms with E-state index in [0.29, 0.717) is 6.42 Å². The molecule has 0 spiro atoms.